The number of hydrogen-bond donors (Lipinski definition) is 2. The van der Waals surface area contributed by atoms with Crippen LogP contribution < -0.4 is 10.6 Å². The molecule has 2 rings (SSSR count). The maximum atomic E-state index is 12.2. The van der Waals surface area contributed by atoms with Gasteiger partial charge in [-0.3, -0.25) is 10.1 Å². The fourth-order valence-electron chi connectivity index (χ4n) is 2.20. The van der Waals surface area contributed by atoms with Gasteiger partial charge in [0.1, 0.15) is 0 Å². The number of imide groups is 1. The molecule has 0 bridgehead atoms. The summed E-state index contributed by atoms with van der Waals surface area (Å²) >= 11 is 0. The molecule has 0 spiro atoms. The van der Waals surface area contributed by atoms with Crippen molar-refractivity contribution in [1.82, 2.24) is 5.32 Å². The summed E-state index contributed by atoms with van der Waals surface area (Å²) in [5.41, 5.74) is 2.02. The zero-order valence-electron chi connectivity index (χ0n) is 13.5. The van der Waals surface area contributed by atoms with E-state index in [4.69, 9.17) is 0 Å². The van der Waals surface area contributed by atoms with Gasteiger partial charge in [0.15, 0.2) is 0 Å². The van der Waals surface area contributed by atoms with Crippen LogP contribution in [0, 0.1) is 6.92 Å². The number of rotatable bonds is 4. The molecule has 7 heteroatoms. The topological polar surface area (TPSA) is 58.2 Å². The summed E-state index contributed by atoms with van der Waals surface area (Å²) in [6.07, 6.45) is -5.22. The molecule has 2 aromatic carbocycles. The van der Waals surface area contributed by atoms with E-state index in [1.54, 1.807) is 31.2 Å². The lowest BCUT2D eigenvalue weighted by Crippen LogP contribution is -2.34. The zero-order chi connectivity index (χ0) is 18.4. The molecule has 4 nitrogen and oxygen atoms in total. The molecule has 132 valence electrons. The second-order valence-corrected chi connectivity index (χ2v) is 5.54. The van der Waals surface area contributed by atoms with E-state index in [0.29, 0.717) is 16.8 Å². The van der Waals surface area contributed by atoms with Crippen LogP contribution in [0.2, 0.25) is 0 Å². The second kappa shape index (κ2) is 7.83. The minimum absolute atomic E-state index is 0.123. The van der Waals surface area contributed by atoms with E-state index in [1.165, 1.54) is 24.3 Å². The van der Waals surface area contributed by atoms with Crippen LogP contribution in [0.5, 0.6) is 0 Å². The molecule has 0 aliphatic carbocycles. The lowest BCUT2D eigenvalue weighted by atomic mass is 10.1. The van der Waals surface area contributed by atoms with Crippen LogP contribution in [-0.2, 0) is 6.42 Å². The van der Waals surface area contributed by atoms with E-state index in [-0.39, 0.29) is 6.42 Å². The fraction of sp³-hybridized carbons (Fsp3) is 0.222. The molecule has 2 N–H and O–H groups in total. The zero-order valence-corrected chi connectivity index (χ0v) is 13.5. The average molecular weight is 350 g/mol. The van der Waals surface area contributed by atoms with Crippen LogP contribution in [0.4, 0.5) is 23.7 Å². The van der Waals surface area contributed by atoms with Gasteiger partial charge in [-0.25, -0.2) is 4.79 Å². The quantitative estimate of drug-likeness (QED) is 0.856. The van der Waals surface area contributed by atoms with Crippen molar-refractivity contribution in [1.29, 1.82) is 0 Å². The number of hydrogen-bond acceptors (Lipinski definition) is 2. The van der Waals surface area contributed by atoms with Crippen LogP contribution in [0.3, 0.4) is 0 Å². The first-order valence-electron chi connectivity index (χ1n) is 7.58. The van der Waals surface area contributed by atoms with Gasteiger partial charge in [0, 0.05) is 17.7 Å². The first kappa shape index (κ1) is 18.5. The SMILES string of the molecule is Cc1ccccc1C(=O)NC(=O)Nc1ccc(CCC(F)(F)F)cc1. The van der Waals surface area contributed by atoms with Crippen LogP contribution in [0.1, 0.15) is 27.9 Å². The van der Waals surface area contributed by atoms with Crippen molar-refractivity contribution >= 4 is 17.6 Å². The third-order valence-electron chi connectivity index (χ3n) is 3.53. The van der Waals surface area contributed by atoms with Gasteiger partial charge >= 0.3 is 12.2 Å². The first-order valence-corrected chi connectivity index (χ1v) is 7.58. The highest BCUT2D eigenvalue weighted by Crippen LogP contribution is 2.22. The fourth-order valence-corrected chi connectivity index (χ4v) is 2.20. The predicted octanol–water partition coefficient (Wildman–Crippen LogP) is 4.45. The van der Waals surface area contributed by atoms with E-state index in [2.05, 4.69) is 10.6 Å². The Morgan fingerprint density at radius 3 is 2.24 bits per heavy atom. The molecule has 25 heavy (non-hydrogen) atoms. The molecule has 2 aromatic rings. The number of halogens is 3. The van der Waals surface area contributed by atoms with Gasteiger partial charge in [-0.1, -0.05) is 30.3 Å². The normalized spacial score (nSPS) is 11.0. The number of carbonyl (C=O) groups excluding carboxylic acids is 2. The number of benzene rings is 2. The number of nitrogens with one attached hydrogen (secondary N) is 2. The molecular weight excluding hydrogens is 333 g/mol. The molecule has 0 fully saturated rings. The third kappa shape index (κ3) is 5.95. The summed E-state index contributed by atoms with van der Waals surface area (Å²) in [7, 11) is 0. The molecule has 0 aliphatic heterocycles. The molecule has 0 aromatic heterocycles. The summed E-state index contributed by atoms with van der Waals surface area (Å²) in [5.74, 6) is -0.530. The standard InChI is InChI=1S/C18H17F3N2O2/c1-12-4-2-3-5-15(12)16(24)23-17(25)22-14-8-6-13(7-9-14)10-11-18(19,20)21/h2-9H,10-11H2,1H3,(H2,22,23,24,25). The smallest absolute Gasteiger partial charge is 0.308 e. The maximum Gasteiger partial charge on any atom is 0.389 e. The van der Waals surface area contributed by atoms with Crippen molar-refractivity contribution in [3.8, 4) is 0 Å². The number of anilines is 1. The van der Waals surface area contributed by atoms with Crippen molar-refractivity contribution in [2.75, 3.05) is 5.32 Å². The molecule has 0 saturated heterocycles. The molecule has 3 amide bonds. The molecule has 0 heterocycles. The van der Waals surface area contributed by atoms with Crippen molar-refractivity contribution in [2.45, 2.75) is 25.9 Å². The van der Waals surface area contributed by atoms with E-state index < -0.39 is 24.5 Å². The van der Waals surface area contributed by atoms with E-state index in [1.807, 2.05) is 0 Å². The van der Waals surface area contributed by atoms with E-state index in [0.717, 1.165) is 5.56 Å². The third-order valence-corrected chi connectivity index (χ3v) is 3.53. The lowest BCUT2D eigenvalue weighted by Gasteiger charge is -2.09. The van der Waals surface area contributed by atoms with Gasteiger partial charge in [0.05, 0.1) is 0 Å². The summed E-state index contributed by atoms with van der Waals surface area (Å²) in [5, 5.41) is 4.68. The average Bonchev–Trinajstić information content (AvgIpc) is 2.53. The van der Waals surface area contributed by atoms with Crippen LogP contribution in [-0.4, -0.2) is 18.1 Å². The number of alkyl halides is 3. The van der Waals surface area contributed by atoms with E-state index in [9.17, 15) is 22.8 Å². The van der Waals surface area contributed by atoms with Gasteiger partial charge in [-0.05, 0) is 42.7 Å². The molecular formula is C18H17F3N2O2. The Labute approximate surface area is 143 Å². The Hall–Kier alpha value is -2.83. The minimum atomic E-state index is -4.20. The first-order chi connectivity index (χ1) is 11.7. The van der Waals surface area contributed by atoms with Crippen molar-refractivity contribution in [2.24, 2.45) is 0 Å². The number of amides is 3. The summed E-state index contributed by atoms with van der Waals surface area (Å²) in [6.45, 7) is 1.76. The Balaban J connectivity index is 1.90. The highest BCUT2D eigenvalue weighted by molar-refractivity contribution is 6.08. The van der Waals surface area contributed by atoms with Gasteiger partial charge in [0.2, 0.25) is 0 Å². The predicted molar refractivity (Wildman–Crippen MR) is 88.5 cm³/mol. The molecule has 0 unspecified atom stereocenters. The minimum Gasteiger partial charge on any atom is -0.308 e. The highest BCUT2D eigenvalue weighted by atomic mass is 19.4. The van der Waals surface area contributed by atoms with Gasteiger partial charge in [-0.15, -0.1) is 0 Å². The van der Waals surface area contributed by atoms with Crippen LogP contribution >= 0.6 is 0 Å². The Kier molecular flexibility index (Phi) is 5.80. The number of aryl methyl sites for hydroxylation is 2. The van der Waals surface area contributed by atoms with Crippen molar-refractivity contribution in [3.05, 3.63) is 65.2 Å². The maximum absolute atomic E-state index is 12.2. The van der Waals surface area contributed by atoms with E-state index >= 15 is 0 Å². The summed E-state index contributed by atoms with van der Waals surface area (Å²) in [4.78, 5) is 23.9. The molecule has 0 aliphatic rings. The number of urea groups is 1. The molecule has 0 atom stereocenters. The molecule has 0 radical (unpaired) electrons. The Morgan fingerprint density at radius 1 is 1.00 bits per heavy atom. The van der Waals surface area contributed by atoms with Gasteiger partial charge in [-0.2, -0.15) is 13.2 Å². The van der Waals surface area contributed by atoms with Gasteiger partial charge in [0.25, 0.3) is 5.91 Å². The van der Waals surface area contributed by atoms with Gasteiger partial charge < -0.3 is 5.32 Å². The monoisotopic (exact) mass is 350 g/mol. The Bertz CT molecular complexity index is 756. The number of carbonyl (C=O) groups is 2. The largest absolute Gasteiger partial charge is 0.389 e. The lowest BCUT2D eigenvalue weighted by molar-refractivity contribution is -0.134. The van der Waals surface area contributed by atoms with Crippen molar-refractivity contribution < 1.29 is 22.8 Å². The second-order valence-electron chi connectivity index (χ2n) is 5.54. The summed E-state index contributed by atoms with van der Waals surface area (Å²) < 4.78 is 36.6. The van der Waals surface area contributed by atoms with Crippen molar-refractivity contribution in [3.63, 3.8) is 0 Å². The Morgan fingerprint density at radius 2 is 1.64 bits per heavy atom. The van der Waals surface area contributed by atoms with Crippen LogP contribution in [0.15, 0.2) is 48.5 Å². The summed E-state index contributed by atoms with van der Waals surface area (Å²) in [6, 6.07) is 12.1. The molecule has 0 saturated carbocycles. The highest BCUT2D eigenvalue weighted by Gasteiger charge is 2.26. The van der Waals surface area contributed by atoms with Crippen LogP contribution in [0.25, 0.3) is 0 Å².